The molecule has 0 fully saturated rings. The molecule has 0 aliphatic carbocycles. The van der Waals surface area contributed by atoms with Crippen molar-refractivity contribution in [2.75, 3.05) is 5.73 Å². The van der Waals surface area contributed by atoms with Crippen molar-refractivity contribution in [2.45, 2.75) is 0 Å². The molecule has 0 amide bonds. The molecule has 0 atom stereocenters. The van der Waals surface area contributed by atoms with Crippen LogP contribution >= 0.6 is 0 Å². The van der Waals surface area contributed by atoms with Gasteiger partial charge in [-0.05, 0) is 18.2 Å². The minimum Gasteiger partial charge on any atom is -0.508 e. The van der Waals surface area contributed by atoms with Gasteiger partial charge in [0.15, 0.2) is 5.76 Å². The Morgan fingerprint density at radius 3 is 2.71 bits per heavy atom. The number of anilines is 1. The molecular formula is C9H8N2O3. The molecule has 0 unspecified atom stereocenters. The first-order valence-corrected chi connectivity index (χ1v) is 3.91. The van der Waals surface area contributed by atoms with Crippen LogP contribution in [-0.4, -0.2) is 15.4 Å². The number of hydrogen-bond donors (Lipinski definition) is 3. The summed E-state index contributed by atoms with van der Waals surface area (Å²) in [5, 5.41) is 22.2. The van der Waals surface area contributed by atoms with E-state index in [1.807, 2.05) is 0 Å². The molecule has 72 valence electrons. The molecule has 5 heteroatoms. The molecule has 0 radical (unpaired) electrons. The molecule has 0 saturated heterocycles. The van der Waals surface area contributed by atoms with Crippen LogP contribution in [0.5, 0.6) is 11.5 Å². The molecule has 0 aliphatic heterocycles. The van der Waals surface area contributed by atoms with Gasteiger partial charge in [-0.2, -0.15) is 0 Å². The van der Waals surface area contributed by atoms with Crippen LogP contribution in [0.2, 0.25) is 0 Å². The predicted octanol–water partition coefficient (Wildman–Crippen LogP) is 1.33. The second kappa shape index (κ2) is 2.95. The van der Waals surface area contributed by atoms with Crippen LogP contribution in [0.3, 0.4) is 0 Å². The second-order valence-electron chi connectivity index (χ2n) is 2.81. The highest BCUT2D eigenvalue weighted by Crippen LogP contribution is 2.35. The highest BCUT2D eigenvalue weighted by atomic mass is 16.5. The van der Waals surface area contributed by atoms with Crippen molar-refractivity contribution in [1.29, 1.82) is 0 Å². The van der Waals surface area contributed by atoms with Gasteiger partial charge in [-0.1, -0.05) is 5.16 Å². The van der Waals surface area contributed by atoms with Crippen molar-refractivity contribution < 1.29 is 14.7 Å². The van der Waals surface area contributed by atoms with Gasteiger partial charge in [-0.3, -0.25) is 0 Å². The Balaban J connectivity index is 2.62. The number of phenols is 2. The van der Waals surface area contributed by atoms with E-state index in [0.717, 1.165) is 0 Å². The van der Waals surface area contributed by atoms with Crippen LogP contribution in [0.4, 0.5) is 5.69 Å². The molecule has 0 aliphatic rings. The molecule has 4 N–H and O–H groups in total. The summed E-state index contributed by atoms with van der Waals surface area (Å²) in [7, 11) is 0. The zero-order valence-electron chi connectivity index (χ0n) is 7.14. The average Bonchev–Trinajstić information content (AvgIpc) is 2.56. The van der Waals surface area contributed by atoms with Crippen molar-refractivity contribution in [3.05, 3.63) is 24.4 Å². The third-order valence-corrected chi connectivity index (χ3v) is 1.82. The molecule has 1 heterocycles. The summed E-state index contributed by atoms with van der Waals surface area (Å²) < 4.78 is 4.84. The maximum Gasteiger partial charge on any atom is 0.193 e. The van der Waals surface area contributed by atoms with E-state index < -0.39 is 0 Å². The van der Waals surface area contributed by atoms with Gasteiger partial charge in [0.2, 0.25) is 0 Å². The Morgan fingerprint density at radius 1 is 1.29 bits per heavy atom. The Hall–Kier alpha value is -2.17. The number of nitrogen functional groups attached to an aromatic ring is 1. The number of aromatic hydroxyl groups is 2. The topological polar surface area (TPSA) is 92.5 Å². The third kappa shape index (κ3) is 1.24. The zero-order valence-corrected chi connectivity index (χ0v) is 7.14. The normalized spacial score (nSPS) is 10.3. The largest absolute Gasteiger partial charge is 0.508 e. The van der Waals surface area contributed by atoms with Gasteiger partial charge < -0.3 is 20.5 Å². The molecule has 2 aromatic rings. The van der Waals surface area contributed by atoms with E-state index in [4.69, 9.17) is 10.3 Å². The van der Waals surface area contributed by atoms with Crippen LogP contribution < -0.4 is 5.73 Å². The van der Waals surface area contributed by atoms with Crippen LogP contribution in [-0.2, 0) is 0 Å². The van der Waals surface area contributed by atoms with Gasteiger partial charge in [-0.25, -0.2) is 0 Å². The molecule has 1 aromatic carbocycles. The van der Waals surface area contributed by atoms with Gasteiger partial charge in [0.25, 0.3) is 0 Å². The number of rotatable bonds is 1. The van der Waals surface area contributed by atoms with Crippen LogP contribution in [0, 0.1) is 0 Å². The van der Waals surface area contributed by atoms with Gasteiger partial charge in [0.05, 0.1) is 11.8 Å². The summed E-state index contributed by atoms with van der Waals surface area (Å²) in [4.78, 5) is 0. The maximum atomic E-state index is 9.48. The lowest BCUT2D eigenvalue weighted by Gasteiger charge is -2.01. The van der Waals surface area contributed by atoms with Crippen molar-refractivity contribution in [3.63, 3.8) is 0 Å². The quantitative estimate of drug-likeness (QED) is 0.593. The Kier molecular flexibility index (Phi) is 1.78. The lowest BCUT2D eigenvalue weighted by atomic mass is 10.1. The van der Waals surface area contributed by atoms with Crippen molar-refractivity contribution in [2.24, 2.45) is 0 Å². The highest BCUT2D eigenvalue weighted by Gasteiger charge is 2.12. The summed E-state index contributed by atoms with van der Waals surface area (Å²) in [6.45, 7) is 0. The lowest BCUT2D eigenvalue weighted by molar-refractivity contribution is 0.424. The maximum absolute atomic E-state index is 9.48. The van der Waals surface area contributed by atoms with Crippen LogP contribution in [0.1, 0.15) is 0 Å². The van der Waals surface area contributed by atoms with E-state index >= 15 is 0 Å². The minimum absolute atomic E-state index is 0.0219. The van der Waals surface area contributed by atoms with E-state index in [1.165, 1.54) is 24.4 Å². The molecule has 2 rings (SSSR count). The van der Waals surface area contributed by atoms with Crippen molar-refractivity contribution >= 4 is 5.69 Å². The summed E-state index contributed by atoms with van der Waals surface area (Å²) in [5.74, 6) is 0.248. The average molecular weight is 192 g/mol. The molecule has 14 heavy (non-hydrogen) atoms. The van der Waals surface area contributed by atoms with Crippen LogP contribution in [0.25, 0.3) is 11.3 Å². The molecular weight excluding hydrogens is 184 g/mol. The van der Waals surface area contributed by atoms with E-state index in [0.29, 0.717) is 11.3 Å². The molecule has 0 saturated carbocycles. The van der Waals surface area contributed by atoms with Crippen molar-refractivity contribution in [1.82, 2.24) is 5.16 Å². The fraction of sp³-hybridized carbons (Fsp3) is 0. The van der Waals surface area contributed by atoms with E-state index in [1.54, 1.807) is 0 Å². The molecule has 0 spiro atoms. The minimum atomic E-state index is -0.0220. The number of nitrogens with zero attached hydrogens (tertiary/aromatic N) is 1. The molecule has 0 bridgehead atoms. The molecule has 5 nitrogen and oxygen atoms in total. The predicted molar refractivity (Wildman–Crippen MR) is 49.7 cm³/mol. The first-order chi connectivity index (χ1) is 6.68. The standard InChI is InChI=1S/C9H8N2O3/c10-7-4-11-14-9(7)6-3-5(12)1-2-8(6)13/h1-4,12-13H,10H2. The second-order valence-corrected chi connectivity index (χ2v) is 2.81. The molecule has 1 aromatic heterocycles. The summed E-state index contributed by atoms with van der Waals surface area (Å²) in [6, 6.07) is 4.07. The van der Waals surface area contributed by atoms with E-state index in [2.05, 4.69) is 5.16 Å². The fourth-order valence-corrected chi connectivity index (χ4v) is 1.16. The summed E-state index contributed by atoms with van der Waals surface area (Å²) >= 11 is 0. The van der Waals surface area contributed by atoms with Crippen LogP contribution in [0.15, 0.2) is 28.9 Å². The first-order valence-electron chi connectivity index (χ1n) is 3.91. The third-order valence-electron chi connectivity index (χ3n) is 1.82. The summed E-state index contributed by atoms with van der Waals surface area (Å²) in [5.41, 5.74) is 6.17. The Labute approximate surface area is 79.4 Å². The van der Waals surface area contributed by atoms with Gasteiger partial charge >= 0.3 is 0 Å². The van der Waals surface area contributed by atoms with Gasteiger partial charge in [0.1, 0.15) is 17.2 Å². The number of aromatic nitrogens is 1. The zero-order chi connectivity index (χ0) is 10.1. The Morgan fingerprint density at radius 2 is 2.07 bits per heavy atom. The monoisotopic (exact) mass is 192 g/mol. The van der Waals surface area contributed by atoms with Crippen molar-refractivity contribution in [3.8, 4) is 22.8 Å². The fourth-order valence-electron chi connectivity index (χ4n) is 1.16. The first kappa shape index (κ1) is 8.43. The SMILES string of the molecule is Nc1cnoc1-c1cc(O)ccc1O. The summed E-state index contributed by atoms with van der Waals surface area (Å²) in [6.07, 6.45) is 1.33. The number of benzene rings is 1. The number of nitrogens with two attached hydrogens (primary N) is 1. The highest BCUT2D eigenvalue weighted by molar-refractivity contribution is 5.75. The number of hydrogen-bond acceptors (Lipinski definition) is 5. The van der Waals surface area contributed by atoms with Gasteiger partial charge in [-0.15, -0.1) is 0 Å². The smallest absolute Gasteiger partial charge is 0.193 e. The Bertz CT molecular complexity index is 465. The van der Waals surface area contributed by atoms with E-state index in [9.17, 15) is 10.2 Å². The van der Waals surface area contributed by atoms with E-state index in [-0.39, 0.29) is 17.3 Å². The van der Waals surface area contributed by atoms with Gasteiger partial charge in [0, 0.05) is 0 Å². The lowest BCUT2D eigenvalue weighted by Crippen LogP contribution is -1.85. The number of phenolic OH excluding ortho intramolecular Hbond substituents is 2.